The van der Waals surface area contributed by atoms with E-state index in [1.807, 2.05) is 6.92 Å². The SMILES string of the molecule is CC1C(=O)CCC1CCS(C)(=O)=O. The molecule has 13 heavy (non-hydrogen) atoms. The van der Waals surface area contributed by atoms with Gasteiger partial charge in [-0.25, -0.2) is 8.42 Å². The normalized spacial score (nSPS) is 29.5. The summed E-state index contributed by atoms with van der Waals surface area (Å²) in [7, 11) is -2.86. The number of sulfone groups is 1. The maximum absolute atomic E-state index is 11.2. The summed E-state index contributed by atoms with van der Waals surface area (Å²) in [5.74, 6) is 0.873. The Morgan fingerprint density at radius 1 is 1.46 bits per heavy atom. The van der Waals surface area contributed by atoms with Gasteiger partial charge in [-0.05, 0) is 18.8 Å². The van der Waals surface area contributed by atoms with Gasteiger partial charge in [0.1, 0.15) is 15.6 Å². The van der Waals surface area contributed by atoms with Gasteiger partial charge < -0.3 is 0 Å². The third kappa shape index (κ3) is 3.10. The number of carbonyl (C=O) groups excluding carboxylic acids is 1. The molecule has 0 spiro atoms. The summed E-state index contributed by atoms with van der Waals surface area (Å²) in [4.78, 5) is 11.2. The first-order chi connectivity index (χ1) is 5.90. The summed E-state index contributed by atoms with van der Waals surface area (Å²) in [5.41, 5.74) is 0. The predicted molar refractivity (Wildman–Crippen MR) is 51.2 cm³/mol. The minimum absolute atomic E-state index is 0.0711. The van der Waals surface area contributed by atoms with Crippen LogP contribution in [0.2, 0.25) is 0 Å². The molecule has 1 saturated carbocycles. The lowest BCUT2D eigenvalue weighted by atomic mass is 9.95. The highest BCUT2D eigenvalue weighted by Crippen LogP contribution is 2.30. The fourth-order valence-corrected chi connectivity index (χ4v) is 2.56. The fourth-order valence-electron chi connectivity index (χ4n) is 1.83. The highest BCUT2D eigenvalue weighted by molar-refractivity contribution is 7.90. The van der Waals surface area contributed by atoms with Crippen LogP contribution in [0.3, 0.4) is 0 Å². The molecule has 0 heterocycles. The maximum atomic E-state index is 11.2. The van der Waals surface area contributed by atoms with Crippen molar-refractivity contribution in [1.82, 2.24) is 0 Å². The van der Waals surface area contributed by atoms with Crippen LogP contribution in [0.15, 0.2) is 0 Å². The van der Waals surface area contributed by atoms with E-state index in [1.165, 1.54) is 6.26 Å². The first-order valence-electron chi connectivity index (χ1n) is 4.60. The fraction of sp³-hybridized carbons (Fsp3) is 0.889. The standard InChI is InChI=1S/C9H16O3S/c1-7-8(3-4-9(7)10)5-6-13(2,11)12/h7-8H,3-6H2,1-2H3. The summed E-state index contributed by atoms with van der Waals surface area (Å²) < 4.78 is 21.8. The van der Waals surface area contributed by atoms with Crippen LogP contribution in [-0.2, 0) is 14.6 Å². The van der Waals surface area contributed by atoms with Gasteiger partial charge in [-0.2, -0.15) is 0 Å². The van der Waals surface area contributed by atoms with Crippen molar-refractivity contribution in [1.29, 1.82) is 0 Å². The van der Waals surface area contributed by atoms with Crippen molar-refractivity contribution in [3.63, 3.8) is 0 Å². The van der Waals surface area contributed by atoms with Gasteiger partial charge in [-0.15, -0.1) is 0 Å². The Bertz CT molecular complexity index is 292. The molecule has 1 aliphatic carbocycles. The molecule has 0 aliphatic heterocycles. The van der Waals surface area contributed by atoms with Crippen molar-refractivity contribution < 1.29 is 13.2 Å². The van der Waals surface area contributed by atoms with Crippen molar-refractivity contribution >= 4 is 15.6 Å². The van der Waals surface area contributed by atoms with Crippen LogP contribution in [0.5, 0.6) is 0 Å². The second-order valence-electron chi connectivity index (χ2n) is 3.97. The third-order valence-electron chi connectivity index (χ3n) is 2.84. The average Bonchev–Trinajstić information content (AvgIpc) is 2.29. The lowest BCUT2D eigenvalue weighted by Crippen LogP contribution is -2.14. The van der Waals surface area contributed by atoms with Gasteiger partial charge in [0.25, 0.3) is 0 Å². The van der Waals surface area contributed by atoms with E-state index >= 15 is 0 Å². The smallest absolute Gasteiger partial charge is 0.147 e. The first-order valence-corrected chi connectivity index (χ1v) is 6.66. The highest BCUT2D eigenvalue weighted by Gasteiger charge is 2.30. The van der Waals surface area contributed by atoms with Crippen molar-refractivity contribution in [3.8, 4) is 0 Å². The summed E-state index contributed by atoms with van der Waals surface area (Å²) >= 11 is 0. The van der Waals surface area contributed by atoms with Crippen LogP contribution in [0.4, 0.5) is 0 Å². The largest absolute Gasteiger partial charge is 0.299 e. The second kappa shape index (κ2) is 3.78. The summed E-state index contributed by atoms with van der Waals surface area (Å²) in [6.45, 7) is 1.91. The number of Topliss-reactive ketones (excluding diaryl/α,β-unsaturated/α-hetero) is 1. The molecule has 2 unspecified atom stereocenters. The highest BCUT2D eigenvalue weighted by atomic mass is 32.2. The van der Waals surface area contributed by atoms with Crippen LogP contribution in [0, 0.1) is 11.8 Å². The zero-order valence-corrected chi connectivity index (χ0v) is 8.93. The quantitative estimate of drug-likeness (QED) is 0.690. The van der Waals surface area contributed by atoms with Crippen molar-refractivity contribution in [2.75, 3.05) is 12.0 Å². The Kier molecular flexibility index (Phi) is 3.11. The van der Waals surface area contributed by atoms with E-state index in [0.717, 1.165) is 6.42 Å². The van der Waals surface area contributed by atoms with E-state index in [9.17, 15) is 13.2 Å². The van der Waals surface area contributed by atoms with Crippen molar-refractivity contribution in [2.45, 2.75) is 26.2 Å². The van der Waals surface area contributed by atoms with Crippen LogP contribution < -0.4 is 0 Å². The molecule has 0 amide bonds. The van der Waals surface area contributed by atoms with E-state index in [0.29, 0.717) is 24.5 Å². The first kappa shape index (κ1) is 10.7. The van der Waals surface area contributed by atoms with Crippen LogP contribution in [0.1, 0.15) is 26.2 Å². The molecule has 1 rings (SSSR count). The second-order valence-corrected chi connectivity index (χ2v) is 6.23. The zero-order valence-electron chi connectivity index (χ0n) is 8.12. The minimum Gasteiger partial charge on any atom is -0.299 e. The Morgan fingerprint density at radius 2 is 2.08 bits per heavy atom. The lowest BCUT2D eigenvalue weighted by molar-refractivity contribution is -0.120. The Morgan fingerprint density at radius 3 is 2.46 bits per heavy atom. The molecule has 0 N–H and O–H groups in total. The maximum Gasteiger partial charge on any atom is 0.147 e. The van der Waals surface area contributed by atoms with Gasteiger partial charge in [-0.3, -0.25) is 4.79 Å². The molecule has 2 atom stereocenters. The molecule has 76 valence electrons. The zero-order chi connectivity index (χ0) is 10.1. The monoisotopic (exact) mass is 204 g/mol. The van der Waals surface area contributed by atoms with E-state index in [4.69, 9.17) is 0 Å². The number of carbonyl (C=O) groups is 1. The van der Waals surface area contributed by atoms with E-state index in [1.54, 1.807) is 0 Å². The molecule has 4 heteroatoms. The van der Waals surface area contributed by atoms with E-state index in [-0.39, 0.29) is 11.7 Å². The Balaban J connectivity index is 2.43. The van der Waals surface area contributed by atoms with Gasteiger partial charge in [0.15, 0.2) is 0 Å². The minimum atomic E-state index is -2.86. The molecule has 0 aromatic carbocycles. The Labute approximate surface area is 79.4 Å². The molecular formula is C9H16O3S. The van der Waals surface area contributed by atoms with Crippen LogP contribution in [0.25, 0.3) is 0 Å². The van der Waals surface area contributed by atoms with Gasteiger partial charge in [-0.1, -0.05) is 6.92 Å². The molecular weight excluding hydrogens is 188 g/mol. The average molecular weight is 204 g/mol. The molecule has 3 nitrogen and oxygen atoms in total. The van der Waals surface area contributed by atoms with Gasteiger partial charge in [0.2, 0.25) is 0 Å². The lowest BCUT2D eigenvalue weighted by Gasteiger charge is -2.12. The topological polar surface area (TPSA) is 51.2 Å². The van der Waals surface area contributed by atoms with E-state index in [2.05, 4.69) is 0 Å². The Hall–Kier alpha value is -0.380. The molecule has 0 aromatic rings. The number of hydrogen-bond acceptors (Lipinski definition) is 3. The van der Waals surface area contributed by atoms with E-state index < -0.39 is 9.84 Å². The third-order valence-corrected chi connectivity index (χ3v) is 3.81. The molecule has 1 fully saturated rings. The molecule has 0 aromatic heterocycles. The summed E-state index contributed by atoms with van der Waals surface area (Å²) in [6.07, 6.45) is 3.39. The van der Waals surface area contributed by atoms with Crippen LogP contribution in [-0.4, -0.2) is 26.2 Å². The van der Waals surface area contributed by atoms with Crippen molar-refractivity contribution in [3.05, 3.63) is 0 Å². The predicted octanol–water partition coefficient (Wildman–Crippen LogP) is 1.04. The summed E-state index contributed by atoms with van der Waals surface area (Å²) in [6, 6.07) is 0. The van der Waals surface area contributed by atoms with Gasteiger partial charge in [0.05, 0.1) is 5.75 Å². The number of rotatable bonds is 3. The molecule has 1 aliphatic rings. The van der Waals surface area contributed by atoms with Crippen molar-refractivity contribution in [2.24, 2.45) is 11.8 Å². The molecule has 0 bridgehead atoms. The van der Waals surface area contributed by atoms with Gasteiger partial charge >= 0.3 is 0 Å². The number of ketones is 1. The van der Waals surface area contributed by atoms with Gasteiger partial charge in [0, 0.05) is 18.6 Å². The molecule has 0 saturated heterocycles. The molecule has 0 radical (unpaired) electrons. The van der Waals surface area contributed by atoms with Crippen LogP contribution >= 0.6 is 0 Å². The summed E-state index contributed by atoms with van der Waals surface area (Å²) in [5, 5.41) is 0. The number of hydrogen-bond donors (Lipinski definition) is 0.